The Labute approximate surface area is 220 Å². The van der Waals surface area contributed by atoms with Crippen molar-refractivity contribution in [1.82, 2.24) is 0 Å². The normalized spacial score (nSPS) is 53.8. The summed E-state index contributed by atoms with van der Waals surface area (Å²) in [4.78, 5) is 5.86. The van der Waals surface area contributed by atoms with Crippen LogP contribution in [-0.4, -0.2) is 33.9 Å². The topological polar surface area (TPSA) is 17.1 Å². The molecule has 28 heavy (non-hydrogen) atoms. The largest absolute Gasteiger partial charge is 0.299 e. The first-order chi connectivity index (χ1) is 12.4. The highest BCUT2D eigenvalue weighted by atomic mass is 35.5. The second kappa shape index (κ2) is 6.19. The van der Waals surface area contributed by atoms with Crippen LogP contribution in [0.2, 0.25) is 0 Å². The Bertz CT molecular complexity index is 909. The summed E-state index contributed by atoms with van der Waals surface area (Å²) in [6, 6.07) is 0. The summed E-state index contributed by atoms with van der Waals surface area (Å²) < 4.78 is -4.18. The summed E-state index contributed by atoms with van der Waals surface area (Å²) in [5.41, 5.74) is 0. The van der Waals surface area contributed by atoms with E-state index < -0.39 is 51.7 Å². The zero-order valence-electron chi connectivity index (χ0n) is 13.2. The molecule has 156 valence electrons. The Morgan fingerprint density at radius 2 is 0.929 bits per heavy atom. The predicted molar refractivity (Wildman–Crippen MR) is 122 cm³/mol. The lowest BCUT2D eigenvalue weighted by Crippen LogP contribution is -2.59. The second-order valence-corrected chi connectivity index (χ2v) is 13.9. The molecule has 0 heterocycles. The van der Waals surface area contributed by atoms with Crippen LogP contribution in [-0.2, 0) is 4.79 Å². The fraction of sp³-hybridized carbons (Fsp3) is 0.667. The molecule has 0 radical (unpaired) electrons. The van der Waals surface area contributed by atoms with Crippen molar-refractivity contribution in [2.45, 2.75) is 35.1 Å². The van der Waals surface area contributed by atoms with Gasteiger partial charge in [0.1, 0.15) is 25.3 Å². The molecule has 0 spiro atoms. The minimum atomic E-state index is -2.11. The van der Waals surface area contributed by atoms with Crippen LogP contribution >= 0.6 is 139 Å². The predicted octanol–water partition coefficient (Wildman–Crippen LogP) is 8.12. The SMILES string of the molecule is C[C@@H]1C(=O)[C@@H]2[C@@H]([C@]3(Cl)C(Cl)=C(Cl)[C@]1(Cl)C3(Cl)Cl)[C@]1(Cl)C(Cl)=C(Cl)[C@]2(Cl)C1(Cl)Cl. The molecule has 0 aromatic heterocycles. The van der Waals surface area contributed by atoms with E-state index in [-0.39, 0.29) is 20.1 Å². The van der Waals surface area contributed by atoms with Gasteiger partial charge in [-0.15, -0.1) is 46.4 Å². The van der Waals surface area contributed by atoms with Gasteiger partial charge in [-0.1, -0.05) is 99.7 Å². The van der Waals surface area contributed by atoms with Crippen molar-refractivity contribution in [2.24, 2.45) is 17.8 Å². The van der Waals surface area contributed by atoms with Crippen molar-refractivity contribution in [3.63, 3.8) is 0 Å². The van der Waals surface area contributed by atoms with Crippen LogP contribution in [0, 0.1) is 17.8 Å². The maximum Gasteiger partial charge on any atom is 0.167 e. The van der Waals surface area contributed by atoms with Crippen molar-refractivity contribution >= 4 is 145 Å². The van der Waals surface area contributed by atoms with E-state index in [4.69, 9.17) is 139 Å². The smallest absolute Gasteiger partial charge is 0.167 e. The number of alkyl halides is 8. The number of allylic oxidation sites excluding steroid dienone is 4. The van der Waals surface area contributed by atoms with E-state index in [1.165, 1.54) is 6.92 Å². The Morgan fingerprint density at radius 3 is 1.36 bits per heavy atom. The number of hydrogen-bond donors (Lipinski definition) is 0. The zero-order valence-corrected chi connectivity index (χ0v) is 22.2. The van der Waals surface area contributed by atoms with Crippen LogP contribution in [0.4, 0.5) is 0 Å². The fourth-order valence-corrected chi connectivity index (χ4v) is 11.1. The summed E-state index contributed by atoms with van der Waals surface area (Å²) in [6.07, 6.45) is 0. The molecular weight excluding hydrogens is 622 g/mol. The molecule has 4 aliphatic carbocycles. The van der Waals surface area contributed by atoms with Crippen molar-refractivity contribution in [3.8, 4) is 0 Å². The Balaban J connectivity index is 2.20. The Hall–Kier alpha value is 2.63. The molecule has 4 rings (SSSR count). The number of carbonyl (C=O) groups excluding carboxylic acids is 1. The van der Waals surface area contributed by atoms with E-state index in [2.05, 4.69) is 0 Å². The van der Waals surface area contributed by atoms with Crippen LogP contribution in [0.15, 0.2) is 20.1 Å². The van der Waals surface area contributed by atoms with Crippen LogP contribution in [0.3, 0.4) is 0 Å². The van der Waals surface area contributed by atoms with Crippen molar-refractivity contribution in [2.75, 3.05) is 0 Å². The maximum absolute atomic E-state index is 13.6. The molecule has 4 bridgehead atoms. The quantitative estimate of drug-likeness (QED) is 0.248. The maximum atomic E-state index is 13.6. The number of carbonyl (C=O) groups is 1. The minimum Gasteiger partial charge on any atom is -0.299 e. The van der Waals surface area contributed by atoms with Gasteiger partial charge >= 0.3 is 0 Å². The number of Topliss-reactive ketones (excluding diaryl/α,β-unsaturated/α-hetero) is 1. The number of fused-ring (bicyclic) bond motifs is 8. The molecule has 0 aromatic carbocycles. The summed E-state index contributed by atoms with van der Waals surface area (Å²) in [5, 5.41) is -0.720. The first kappa shape index (κ1) is 23.8. The van der Waals surface area contributed by atoms with Gasteiger partial charge in [-0.05, 0) is 0 Å². The molecule has 0 aromatic rings. The molecule has 0 aliphatic heterocycles. The van der Waals surface area contributed by atoms with Gasteiger partial charge in [0.25, 0.3) is 0 Å². The van der Waals surface area contributed by atoms with Crippen molar-refractivity contribution in [3.05, 3.63) is 20.1 Å². The molecule has 2 fully saturated rings. The second-order valence-electron chi connectivity index (χ2n) is 7.33. The van der Waals surface area contributed by atoms with E-state index in [1.807, 2.05) is 0 Å². The summed E-state index contributed by atoms with van der Waals surface area (Å²) in [7, 11) is 0. The average molecular weight is 628 g/mol. The molecule has 4 aliphatic rings. The van der Waals surface area contributed by atoms with E-state index in [9.17, 15) is 4.79 Å². The summed E-state index contributed by atoms with van der Waals surface area (Å²) in [5.74, 6) is -4.19. The monoisotopic (exact) mass is 622 g/mol. The third-order valence-electron chi connectivity index (χ3n) is 6.44. The number of hydrogen-bond acceptors (Lipinski definition) is 1. The van der Waals surface area contributed by atoms with Crippen LogP contribution in [0.5, 0.6) is 0 Å². The molecule has 0 N–H and O–H groups in total. The average Bonchev–Trinajstić information content (AvgIpc) is 2.86. The van der Waals surface area contributed by atoms with Crippen LogP contribution in [0.25, 0.3) is 0 Å². The standard InChI is InChI=1S/C15H6Cl12O/c1-2-4(28)3-5(12(22)8(18)6(16)10(2,20)14(12,24)25)13(23)9(19)7(17)11(3,21)15(13,26)27/h2-3,5H,1H3/t2-,3-,5+,10+,11+,12+,13+/m1/s1. The molecule has 2 saturated carbocycles. The zero-order chi connectivity index (χ0) is 21.6. The molecule has 13 heteroatoms. The van der Waals surface area contributed by atoms with E-state index in [1.54, 1.807) is 0 Å². The molecule has 0 saturated heterocycles. The third-order valence-corrected chi connectivity index (χ3v) is 15.0. The highest BCUT2D eigenvalue weighted by molar-refractivity contribution is 6.69. The van der Waals surface area contributed by atoms with Crippen molar-refractivity contribution < 1.29 is 4.79 Å². The molecular formula is C15H6Cl12O. The van der Waals surface area contributed by atoms with Gasteiger partial charge in [-0.25, -0.2) is 0 Å². The highest BCUT2D eigenvalue weighted by Gasteiger charge is 2.92. The van der Waals surface area contributed by atoms with Gasteiger partial charge in [-0.3, -0.25) is 4.79 Å². The lowest BCUT2D eigenvalue weighted by molar-refractivity contribution is -0.128. The van der Waals surface area contributed by atoms with E-state index in [0.717, 1.165) is 0 Å². The van der Waals surface area contributed by atoms with Gasteiger partial charge < -0.3 is 0 Å². The fourth-order valence-electron chi connectivity index (χ4n) is 4.97. The summed E-state index contributed by atoms with van der Waals surface area (Å²) >= 11 is 79.9. The number of ketones is 1. The highest BCUT2D eigenvalue weighted by Crippen LogP contribution is 2.84. The number of rotatable bonds is 0. The Kier molecular flexibility index (Phi) is 5.26. The van der Waals surface area contributed by atoms with Gasteiger partial charge in [0.15, 0.2) is 8.67 Å². The lowest BCUT2D eigenvalue weighted by Gasteiger charge is -2.47. The molecule has 0 amide bonds. The van der Waals surface area contributed by atoms with Crippen LogP contribution in [0.1, 0.15) is 6.92 Å². The molecule has 7 atom stereocenters. The van der Waals surface area contributed by atoms with Gasteiger partial charge in [0.2, 0.25) is 0 Å². The van der Waals surface area contributed by atoms with Gasteiger partial charge in [0, 0.05) is 11.8 Å². The Morgan fingerprint density at radius 1 is 0.607 bits per heavy atom. The third kappa shape index (κ3) is 1.92. The van der Waals surface area contributed by atoms with Gasteiger partial charge in [-0.2, -0.15) is 0 Å². The van der Waals surface area contributed by atoms with Gasteiger partial charge in [0.05, 0.1) is 26.0 Å². The van der Waals surface area contributed by atoms with E-state index >= 15 is 0 Å². The van der Waals surface area contributed by atoms with E-state index in [0.29, 0.717) is 0 Å². The lowest BCUT2D eigenvalue weighted by atomic mass is 9.71. The first-order valence-electron chi connectivity index (χ1n) is 7.61. The molecule has 1 nitrogen and oxygen atoms in total. The minimum absolute atomic E-state index is 0.166. The van der Waals surface area contributed by atoms with Crippen molar-refractivity contribution in [1.29, 1.82) is 0 Å². The van der Waals surface area contributed by atoms with Crippen LogP contribution < -0.4 is 0 Å². The molecule has 0 unspecified atom stereocenters. The number of halogens is 12. The first-order valence-corrected chi connectivity index (χ1v) is 12.2. The summed E-state index contributed by atoms with van der Waals surface area (Å²) in [6.45, 7) is 1.48.